The van der Waals surface area contributed by atoms with Crippen molar-refractivity contribution in [3.8, 4) is 11.1 Å². The van der Waals surface area contributed by atoms with Gasteiger partial charge in [0.25, 0.3) is 0 Å². The van der Waals surface area contributed by atoms with Crippen molar-refractivity contribution in [1.29, 1.82) is 0 Å². The maximum absolute atomic E-state index is 12.4. The number of halogens is 1. The normalized spacial score (nSPS) is 20.3. The van der Waals surface area contributed by atoms with Crippen molar-refractivity contribution in [3.63, 3.8) is 0 Å². The van der Waals surface area contributed by atoms with E-state index in [1.807, 2.05) is 97.1 Å². The fraction of sp³-hybridized carbons (Fsp3) is 0.381. The molecule has 10 heteroatoms. The topological polar surface area (TPSA) is 129 Å². The van der Waals surface area contributed by atoms with Gasteiger partial charge in [0.1, 0.15) is 0 Å². The fourth-order valence-electron chi connectivity index (χ4n) is 7.10. The van der Waals surface area contributed by atoms with Crippen LogP contribution in [-0.2, 0) is 37.8 Å². The summed E-state index contributed by atoms with van der Waals surface area (Å²) in [4.78, 5) is 25.5. The number of carbonyl (C=O) groups excluding carboxylic acids is 1. The first-order chi connectivity index (χ1) is 25.2. The molecule has 0 spiro atoms. The molecule has 1 amide bonds. The molecule has 0 saturated carbocycles. The quantitative estimate of drug-likeness (QED) is 0.0998. The van der Waals surface area contributed by atoms with Crippen molar-refractivity contribution in [3.05, 3.63) is 130 Å². The Hall–Kier alpha value is -4.09. The molecule has 9 nitrogen and oxygen atoms in total. The number of hydrogen-bond acceptors (Lipinski definition) is 7. The first-order valence-corrected chi connectivity index (χ1v) is 18.4. The average Bonchev–Trinajstić information content (AvgIpc) is 3.17. The molecule has 4 aromatic rings. The highest BCUT2D eigenvalue weighted by molar-refractivity contribution is 6.30. The van der Waals surface area contributed by atoms with Gasteiger partial charge >= 0.3 is 5.97 Å². The second-order valence-electron chi connectivity index (χ2n) is 13.8. The zero-order valence-electron chi connectivity index (χ0n) is 29.3. The number of carbonyl (C=O) groups is 2. The minimum Gasteiger partial charge on any atom is -0.481 e. The SMILES string of the molecule is O=C(O)CCCCC(=O)NCc1ccccc1-c1ccc(C2OC(CN3CCC(O)(c4ccc(Cl)cc4)CC3)CC(c3ccc(CO)cc3)O2)cc1. The fourth-order valence-corrected chi connectivity index (χ4v) is 7.22. The maximum atomic E-state index is 12.4. The van der Waals surface area contributed by atoms with Gasteiger partial charge in [-0.2, -0.15) is 0 Å². The number of nitrogens with zero attached hydrogens (tertiary/aromatic N) is 1. The number of unbranched alkanes of at least 4 members (excludes halogenated alkanes) is 1. The number of aliphatic hydroxyl groups is 2. The van der Waals surface area contributed by atoms with E-state index in [9.17, 15) is 19.8 Å². The number of piperidine rings is 1. The highest BCUT2D eigenvalue weighted by Crippen LogP contribution is 2.40. The van der Waals surface area contributed by atoms with E-state index in [0.717, 1.165) is 52.0 Å². The molecule has 0 aliphatic carbocycles. The molecule has 2 fully saturated rings. The second kappa shape index (κ2) is 17.6. The first kappa shape index (κ1) is 37.7. The Morgan fingerprint density at radius 2 is 1.52 bits per heavy atom. The Balaban J connectivity index is 1.13. The van der Waals surface area contributed by atoms with Gasteiger partial charge in [0, 0.05) is 56.0 Å². The molecule has 52 heavy (non-hydrogen) atoms. The van der Waals surface area contributed by atoms with Crippen LogP contribution in [0.15, 0.2) is 97.1 Å². The Labute approximate surface area is 310 Å². The van der Waals surface area contributed by atoms with E-state index in [1.54, 1.807) is 0 Å². The number of aliphatic carboxylic acids is 1. The Morgan fingerprint density at radius 1 is 0.846 bits per heavy atom. The largest absolute Gasteiger partial charge is 0.481 e. The Bertz CT molecular complexity index is 1770. The lowest BCUT2D eigenvalue weighted by molar-refractivity contribution is -0.253. The summed E-state index contributed by atoms with van der Waals surface area (Å²) < 4.78 is 13.3. The molecule has 0 radical (unpaired) electrons. The molecule has 3 unspecified atom stereocenters. The van der Waals surface area contributed by atoms with E-state index in [1.165, 1.54) is 0 Å². The number of hydrogen-bond donors (Lipinski definition) is 4. The summed E-state index contributed by atoms with van der Waals surface area (Å²) in [6.45, 7) is 2.53. The lowest BCUT2D eigenvalue weighted by atomic mass is 9.84. The molecule has 3 atom stereocenters. The summed E-state index contributed by atoms with van der Waals surface area (Å²) in [7, 11) is 0. The summed E-state index contributed by atoms with van der Waals surface area (Å²) in [5.74, 6) is -0.947. The molecule has 2 saturated heterocycles. The van der Waals surface area contributed by atoms with Crippen LogP contribution in [0.3, 0.4) is 0 Å². The average molecular weight is 727 g/mol. The van der Waals surface area contributed by atoms with Gasteiger partial charge in [0.05, 0.1) is 24.4 Å². The van der Waals surface area contributed by atoms with Gasteiger partial charge in [0.15, 0.2) is 6.29 Å². The minimum atomic E-state index is -0.883. The first-order valence-electron chi connectivity index (χ1n) is 18.1. The van der Waals surface area contributed by atoms with Gasteiger partial charge in [-0.05, 0) is 71.2 Å². The summed E-state index contributed by atoms with van der Waals surface area (Å²) in [5.41, 5.74) is 5.77. The van der Waals surface area contributed by atoms with Crippen LogP contribution in [-0.4, -0.2) is 57.8 Å². The van der Waals surface area contributed by atoms with E-state index in [2.05, 4.69) is 10.2 Å². The maximum Gasteiger partial charge on any atom is 0.303 e. The van der Waals surface area contributed by atoms with Crippen molar-refractivity contribution < 1.29 is 34.4 Å². The predicted octanol–water partition coefficient (Wildman–Crippen LogP) is 7.29. The molecular weight excluding hydrogens is 680 g/mol. The molecule has 4 N–H and O–H groups in total. The van der Waals surface area contributed by atoms with Crippen LogP contribution >= 0.6 is 11.6 Å². The van der Waals surface area contributed by atoms with Gasteiger partial charge < -0.3 is 35.0 Å². The van der Waals surface area contributed by atoms with Crippen molar-refractivity contribution >= 4 is 23.5 Å². The van der Waals surface area contributed by atoms with Crippen molar-refractivity contribution in [1.82, 2.24) is 10.2 Å². The molecule has 2 aliphatic heterocycles. The lowest BCUT2D eigenvalue weighted by Crippen LogP contribution is -2.46. The number of nitrogens with one attached hydrogen (secondary N) is 1. The van der Waals surface area contributed by atoms with E-state index < -0.39 is 17.9 Å². The number of rotatable bonds is 14. The monoisotopic (exact) mass is 726 g/mol. The summed E-state index contributed by atoms with van der Waals surface area (Å²) in [5, 5.41) is 33.5. The van der Waals surface area contributed by atoms with Gasteiger partial charge in [-0.25, -0.2) is 0 Å². The summed E-state index contributed by atoms with van der Waals surface area (Å²) in [6.07, 6.45) is 2.36. The third kappa shape index (κ3) is 9.86. The minimum absolute atomic E-state index is 0.0199. The molecule has 6 rings (SSSR count). The molecule has 2 heterocycles. The summed E-state index contributed by atoms with van der Waals surface area (Å²) in [6, 6.07) is 31.4. The molecule has 0 aromatic heterocycles. The van der Waals surface area contributed by atoms with Crippen LogP contribution in [0.1, 0.15) is 85.2 Å². The number of amides is 1. The van der Waals surface area contributed by atoms with Crippen molar-refractivity contribution in [2.45, 2.75) is 82.2 Å². The molecule has 0 bridgehead atoms. The molecule has 274 valence electrons. The van der Waals surface area contributed by atoms with E-state index in [-0.39, 0.29) is 31.1 Å². The zero-order chi connectivity index (χ0) is 36.5. The van der Waals surface area contributed by atoms with Crippen molar-refractivity contribution in [2.24, 2.45) is 0 Å². The number of carboxylic acids is 1. The zero-order valence-corrected chi connectivity index (χ0v) is 30.0. The van der Waals surface area contributed by atoms with Crippen LogP contribution in [0, 0.1) is 0 Å². The van der Waals surface area contributed by atoms with E-state index in [0.29, 0.717) is 56.6 Å². The number of carboxylic acid groups (broad SMARTS) is 1. The summed E-state index contributed by atoms with van der Waals surface area (Å²) >= 11 is 6.09. The highest BCUT2D eigenvalue weighted by atomic mass is 35.5. The van der Waals surface area contributed by atoms with Crippen LogP contribution < -0.4 is 5.32 Å². The van der Waals surface area contributed by atoms with E-state index >= 15 is 0 Å². The lowest BCUT2D eigenvalue weighted by Gasteiger charge is -2.42. The third-order valence-corrected chi connectivity index (χ3v) is 10.4. The second-order valence-corrected chi connectivity index (χ2v) is 14.3. The number of aliphatic hydroxyl groups excluding tert-OH is 1. The molecule has 2 aliphatic rings. The number of benzene rings is 4. The highest BCUT2D eigenvalue weighted by Gasteiger charge is 2.37. The molecular formula is C42H47ClN2O7. The van der Waals surface area contributed by atoms with Gasteiger partial charge in [-0.15, -0.1) is 0 Å². The smallest absolute Gasteiger partial charge is 0.303 e. The molecule has 4 aromatic carbocycles. The van der Waals surface area contributed by atoms with Crippen LogP contribution in [0.4, 0.5) is 0 Å². The third-order valence-electron chi connectivity index (χ3n) is 10.2. The van der Waals surface area contributed by atoms with Gasteiger partial charge in [-0.3, -0.25) is 9.59 Å². The van der Waals surface area contributed by atoms with Gasteiger partial charge in [-0.1, -0.05) is 96.5 Å². The number of likely N-dealkylation sites (tertiary alicyclic amines) is 1. The van der Waals surface area contributed by atoms with Crippen LogP contribution in [0.5, 0.6) is 0 Å². The van der Waals surface area contributed by atoms with Crippen molar-refractivity contribution in [2.75, 3.05) is 19.6 Å². The van der Waals surface area contributed by atoms with Crippen LogP contribution in [0.25, 0.3) is 11.1 Å². The Morgan fingerprint density at radius 3 is 2.21 bits per heavy atom. The standard InChI is InChI=1S/C42H47ClN2O7/c43-35-19-17-34(18-20-35)42(50)21-23-45(24-22-42)27-36-25-38(31-11-9-29(28-46)10-12-31)52-41(51-36)32-15-13-30(14-16-32)37-6-2-1-5-33(37)26-44-39(47)7-3-4-8-40(48)49/h1-2,5-6,9-20,36,38,41,46,50H,3-4,7-8,21-28H2,(H,44,47)(H,48,49). The Kier molecular flexibility index (Phi) is 12.8. The van der Waals surface area contributed by atoms with E-state index in [4.69, 9.17) is 26.2 Å². The number of ether oxygens (including phenoxy) is 2. The van der Waals surface area contributed by atoms with Gasteiger partial charge in [0.2, 0.25) is 5.91 Å². The van der Waals surface area contributed by atoms with Crippen LogP contribution in [0.2, 0.25) is 5.02 Å². The predicted molar refractivity (Wildman–Crippen MR) is 199 cm³/mol.